The van der Waals surface area contributed by atoms with Crippen molar-refractivity contribution in [1.82, 2.24) is 4.72 Å². The van der Waals surface area contributed by atoms with E-state index >= 15 is 0 Å². The molecule has 0 spiro atoms. The Balaban J connectivity index is 1.37. The Hall–Kier alpha value is -2.76. The number of anilines is 1. The number of fused-ring (bicyclic) bond motifs is 3. The standard InChI is InChI=1S/C24H24N4O2S2/c25-15-26-32(30,12-11-22-19-8-2-1-5-18(19)14-31-22)28-24(29)27-23-20-9-3-6-16(20)13-17-7-4-10-21(17)23/h1-2,5,8,11-13,22H,3-4,6-7,9-10,14H2,(H2,26,27,28,29,30)/b12-11+. The Labute approximate surface area is 192 Å². The topological polar surface area (TPSA) is 94.3 Å². The molecule has 0 fully saturated rings. The molecule has 0 radical (unpaired) electrons. The van der Waals surface area contributed by atoms with Gasteiger partial charge in [0.1, 0.15) is 0 Å². The minimum absolute atomic E-state index is 0.0199. The summed E-state index contributed by atoms with van der Waals surface area (Å²) in [6.07, 6.45) is 9.48. The quantitative estimate of drug-likeness (QED) is 0.612. The number of hydrogen-bond donors (Lipinski definition) is 2. The van der Waals surface area contributed by atoms with E-state index in [1.807, 2.05) is 18.2 Å². The molecule has 3 aliphatic rings. The summed E-state index contributed by atoms with van der Waals surface area (Å²) in [5, 5.41) is 13.5. The van der Waals surface area contributed by atoms with Crippen molar-refractivity contribution in [1.29, 1.82) is 5.26 Å². The van der Waals surface area contributed by atoms with E-state index in [-0.39, 0.29) is 5.25 Å². The van der Waals surface area contributed by atoms with Crippen molar-refractivity contribution in [3.63, 3.8) is 0 Å². The normalized spacial score (nSPS) is 20.2. The van der Waals surface area contributed by atoms with Crippen molar-refractivity contribution in [2.75, 3.05) is 5.32 Å². The number of carbonyl (C=O) groups excluding carboxylic acids is 1. The van der Waals surface area contributed by atoms with E-state index in [0.717, 1.165) is 55.5 Å². The SMILES string of the molecule is N#CN=S(=O)(/C=C/C1SCc2ccccc21)NC(=O)Nc1c2c(cc3c1CCC3)CCC2. The minimum atomic E-state index is -3.37. The van der Waals surface area contributed by atoms with Gasteiger partial charge >= 0.3 is 6.03 Å². The molecule has 2 atom stereocenters. The third-order valence-electron chi connectivity index (χ3n) is 6.34. The summed E-state index contributed by atoms with van der Waals surface area (Å²) in [5.74, 6) is 0.875. The first-order valence-corrected chi connectivity index (χ1v) is 13.5. The fraction of sp³-hybridized carbons (Fsp3) is 0.333. The van der Waals surface area contributed by atoms with Crippen molar-refractivity contribution < 1.29 is 9.00 Å². The van der Waals surface area contributed by atoms with Gasteiger partial charge in [0.2, 0.25) is 6.19 Å². The number of thioether (sulfide) groups is 1. The zero-order chi connectivity index (χ0) is 22.1. The Bertz CT molecular complexity index is 1250. The molecule has 2 aliphatic carbocycles. The van der Waals surface area contributed by atoms with Gasteiger partial charge in [-0.3, -0.25) is 0 Å². The number of nitrogens with one attached hydrogen (secondary N) is 2. The Morgan fingerprint density at radius 2 is 1.84 bits per heavy atom. The van der Waals surface area contributed by atoms with Gasteiger partial charge in [-0.1, -0.05) is 40.8 Å². The lowest BCUT2D eigenvalue weighted by Gasteiger charge is -2.17. The van der Waals surface area contributed by atoms with Gasteiger partial charge in [0.05, 0.1) is 0 Å². The average Bonchev–Trinajstić information content (AvgIpc) is 3.51. The molecule has 0 saturated heterocycles. The predicted octanol–water partition coefficient (Wildman–Crippen LogP) is 5.15. The van der Waals surface area contributed by atoms with Gasteiger partial charge in [0.15, 0.2) is 9.92 Å². The summed E-state index contributed by atoms with van der Waals surface area (Å²) in [7, 11) is -3.37. The Morgan fingerprint density at radius 1 is 1.12 bits per heavy atom. The van der Waals surface area contributed by atoms with Crippen LogP contribution in [0.2, 0.25) is 0 Å². The molecule has 1 aliphatic heterocycles. The highest BCUT2D eigenvalue weighted by molar-refractivity contribution is 7.99. The number of carbonyl (C=O) groups is 1. The van der Waals surface area contributed by atoms with Gasteiger partial charge in [-0.25, -0.2) is 13.7 Å². The lowest BCUT2D eigenvalue weighted by molar-refractivity contribution is 0.257. The Kier molecular flexibility index (Phi) is 5.70. The number of benzene rings is 2. The van der Waals surface area contributed by atoms with Crippen molar-refractivity contribution in [3.05, 3.63) is 75.2 Å². The molecular weight excluding hydrogens is 440 g/mol. The van der Waals surface area contributed by atoms with Gasteiger partial charge in [0.25, 0.3) is 0 Å². The van der Waals surface area contributed by atoms with E-state index in [4.69, 9.17) is 5.26 Å². The second-order valence-electron chi connectivity index (χ2n) is 8.31. The first-order valence-electron chi connectivity index (χ1n) is 10.8. The summed E-state index contributed by atoms with van der Waals surface area (Å²) in [6.45, 7) is 0. The van der Waals surface area contributed by atoms with Crippen LogP contribution in [0.3, 0.4) is 0 Å². The van der Waals surface area contributed by atoms with Gasteiger partial charge in [-0.05, 0) is 71.9 Å². The summed E-state index contributed by atoms with van der Waals surface area (Å²) in [5.41, 5.74) is 8.27. The van der Waals surface area contributed by atoms with Crippen LogP contribution in [-0.2, 0) is 41.4 Å². The number of nitrogens with zero attached hydrogens (tertiary/aromatic N) is 2. The minimum Gasteiger partial charge on any atom is -0.307 e. The highest BCUT2D eigenvalue weighted by Crippen LogP contribution is 2.42. The van der Waals surface area contributed by atoms with Crippen molar-refractivity contribution in [3.8, 4) is 6.19 Å². The zero-order valence-corrected chi connectivity index (χ0v) is 19.2. The number of nitriles is 1. The fourth-order valence-electron chi connectivity index (χ4n) is 4.94. The lowest BCUT2D eigenvalue weighted by Crippen LogP contribution is -2.33. The highest BCUT2D eigenvalue weighted by Gasteiger charge is 2.26. The van der Waals surface area contributed by atoms with Crippen LogP contribution in [-0.4, -0.2) is 10.2 Å². The first-order chi connectivity index (χ1) is 15.6. The molecule has 32 heavy (non-hydrogen) atoms. The van der Waals surface area contributed by atoms with E-state index < -0.39 is 15.9 Å². The molecule has 2 amide bonds. The molecule has 0 saturated carbocycles. The fourth-order valence-corrected chi connectivity index (χ4v) is 7.24. The molecule has 6 nitrogen and oxygen atoms in total. The van der Waals surface area contributed by atoms with Gasteiger partial charge < -0.3 is 5.32 Å². The van der Waals surface area contributed by atoms with Crippen LogP contribution in [0.5, 0.6) is 0 Å². The van der Waals surface area contributed by atoms with Crippen LogP contribution in [0.4, 0.5) is 10.5 Å². The molecule has 164 valence electrons. The third kappa shape index (κ3) is 4.03. The van der Waals surface area contributed by atoms with Crippen LogP contribution in [0.1, 0.15) is 51.5 Å². The highest BCUT2D eigenvalue weighted by atomic mass is 32.2. The van der Waals surface area contributed by atoms with E-state index in [9.17, 15) is 9.00 Å². The molecule has 2 N–H and O–H groups in total. The van der Waals surface area contributed by atoms with E-state index in [1.54, 1.807) is 24.0 Å². The molecule has 2 aromatic carbocycles. The molecule has 1 heterocycles. The third-order valence-corrected chi connectivity index (χ3v) is 8.95. The average molecular weight is 465 g/mol. The number of urea groups is 1. The van der Waals surface area contributed by atoms with Gasteiger partial charge in [-0.15, -0.1) is 11.8 Å². The number of aryl methyl sites for hydroxylation is 2. The van der Waals surface area contributed by atoms with Gasteiger partial charge in [0, 0.05) is 22.1 Å². The van der Waals surface area contributed by atoms with Crippen LogP contribution >= 0.6 is 11.8 Å². The molecule has 2 aromatic rings. The number of rotatable bonds is 4. The van der Waals surface area contributed by atoms with Crippen molar-refractivity contribution in [2.45, 2.75) is 49.5 Å². The van der Waals surface area contributed by atoms with Crippen LogP contribution in [0.15, 0.2) is 46.2 Å². The Morgan fingerprint density at radius 3 is 2.56 bits per heavy atom. The molecule has 2 unspecified atom stereocenters. The lowest BCUT2D eigenvalue weighted by atomic mass is 9.99. The predicted molar refractivity (Wildman–Crippen MR) is 128 cm³/mol. The van der Waals surface area contributed by atoms with Crippen LogP contribution in [0.25, 0.3) is 0 Å². The second-order valence-corrected chi connectivity index (χ2v) is 11.2. The first kappa shape index (κ1) is 21.1. The van der Waals surface area contributed by atoms with Gasteiger partial charge in [-0.2, -0.15) is 5.26 Å². The second kappa shape index (κ2) is 8.64. The van der Waals surface area contributed by atoms with Crippen molar-refractivity contribution in [2.24, 2.45) is 4.36 Å². The van der Waals surface area contributed by atoms with E-state index in [2.05, 4.69) is 26.5 Å². The van der Waals surface area contributed by atoms with Crippen LogP contribution < -0.4 is 10.0 Å². The summed E-state index contributed by atoms with van der Waals surface area (Å²) >= 11 is 1.71. The molecule has 8 heteroatoms. The maximum Gasteiger partial charge on any atom is 0.331 e. The van der Waals surface area contributed by atoms with Crippen LogP contribution in [0, 0.1) is 11.5 Å². The summed E-state index contributed by atoms with van der Waals surface area (Å²) in [6, 6.07) is 9.81. The molecule has 0 bridgehead atoms. The monoisotopic (exact) mass is 464 g/mol. The zero-order valence-electron chi connectivity index (χ0n) is 17.6. The number of hydrogen-bond acceptors (Lipinski definition) is 5. The summed E-state index contributed by atoms with van der Waals surface area (Å²) < 4.78 is 19.3. The smallest absolute Gasteiger partial charge is 0.307 e. The molecule has 0 aromatic heterocycles. The maximum absolute atomic E-state index is 13.3. The summed E-state index contributed by atoms with van der Waals surface area (Å²) in [4.78, 5) is 12.9. The number of amides is 2. The maximum atomic E-state index is 13.3. The van der Waals surface area contributed by atoms with Crippen molar-refractivity contribution >= 4 is 33.4 Å². The largest absolute Gasteiger partial charge is 0.331 e. The molecule has 5 rings (SSSR count). The molecular formula is C24H24N4O2S2. The van der Waals surface area contributed by atoms with E-state index in [0.29, 0.717) is 0 Å². The van der Waals surface area contributed by atoms with E-state index in [1.165, 1.54) is 33.2 Å².